The van der Waals surface area contributed by atoms with Crippen molar-refractivity contribution in [3.8, 4) is 11.5 Å². The van der Waals surface area contributed by atoms with Crippen LogP contribution in [0.25, 0.3) is 0 Å². The van der Waals surface area contributed by atoms with E-state index in [4.69, 9.17) is 4.74 Å². The third-order valence-electron chi connectivity index (χ3n) is 2.73. The van der Waals surface area contributed by atoms with Gasteiger partial charge in [-0.3, -0.25) is 0 Å². The Labute approximate surface area is 105 Å². The maximum atomic E-state index is 9.75. The summed E-state index contributed by atoms with van der Waals surface area (Å²) in [6, 6.07) is 3.42. The van der Waals surface area contributed by atoms with Crippen molar-refractivity contribution in [3.63, 3.8) is 0 Å². The molecular formula is C13H16O3S. The van der Waals surface area contributed by atoms with Gasteiger partial charge in [0.15, 0.2) is 11.5 Å². The van der Waals surface area contributed by atoms with E-state index in [0.29, 0.717) is 4.90 Å². The minimum absolute atomic E-state index is 0.0462. The molecule has 1 aromatic carbocycles. The summed E-state index contributed by atoms with van der Waals surface area (Å²) in [5.41, 5.74) is 0.717. The van der Waals surface area contributed by atoms with Gasteiger partial charge in [0.25, 0.3) is 0 Å². The normalized spacial score (nSPS) is 22.7. The van der Waals surface area contributed by atoms with E-state index < -0.39 is 0 Å². The summed E-state index contributed by atoms with van der Waals surface area (Å²) < 4.78 is 5.52. The quantitative estimate of drug-likeness (QED) is 0.640. The third kappa shape index (κ3) is 2.69. The van der Waals surface area contributed by atoms with Crippen LogP contribution in [0.4, 0.5) is 0 Å². The fraction of sp³-hybridized carbons (Fsp3) is 0.385. The Bertz CT molecular complexity index is 446. The zero-order chi connectivity index (χ0) is 12.5. The van der Waals surface area contributed by atoms with E-state index in [0.717, 1.165) is 17.7 Å². The van der Waals surface area contributed by atoms with E-state index in [1.54, 1.807) is 12.3 Å². The van der Waals surface area contributed by atoms with Gasteiger partial charge in [0.05, 0.1) is 11.2 Å². The molecule has 2 N–H and O–H groups in total. The number of rotatable bonds is 3. The molecule has 0 aromatic heterocycles. The van der Waals surface area contributed by atoms with Crippen LogP contribution in [-0.2, 0) is 4.74 Å². The lowest BCUT2D eigenvalue weighted by Gasteiger charge is -2.23. The average Bonchev–Trinajstić information content (AvgIpc) is 2.69. The van der Waals surface area contributed by atoms with E-state index in [9.17, 15) is 10.2 Å². The van der Waals surface area contributed by atoms with E-state index >= 15 is 0 Å². The van der Waals surface area contributed by atoms with Gasteiger partial charge in [-0.25, -0.2) is 0 Å². The zero-order valence-corrected chi connectivity index (χ0v) is 10.8. The maximum absolute atomic E-state index is 9.75. The predicted octanol–water partition coefficient (Wildman–Crippen LogP) is 3.19. The van der Waals surface area contributed by atoms with Crippen LogP contribution in [0.2, 0.25) is 0 Å². The molecule has 1 aliphatic rings. The molecule has 0 saturated carbocycles. The molecule has 0 bridgehead atoms. The molecule has 1 atom stereocenters. The smallest absolute Gasteiger partial charge is 0.171 e. The number of thioether (sulfide) groups is 1. The van der Waals surface area contributed by atoms with E-state index in [1.165, 1.54) is 11.8 Å². The van der Waals surface area contributed by atoms with Crippen LogP contribution < -0.4 is 0 Å². The van der Waals surface area contributed by atoms with Crippen molar-refractivity contribution < 1.29 is 14.9 Å². The molecule has 92 valence electrons. The molecule has 1 aromatic rings. The summed E-state index contributed by atoms with van der Waals surface area (Å²) in [6.07, 6.45) is 4.58. The molecule has 1 unspecified atom stereocenters. The zero-order valence-electron chi connectivity index (χ0n) is 9.93. The first-order chi connectivity index (χ1) is 8.00. The fourth-order valence-electron chi connectivity index (χ4n) is 1.72. The molecule has 0 radical (unpaired) electrons. The highest BCUT2D eigenvalue weighted by Gasteiger charge is 2.27. The highest BCUT2D eigenvalue weighted by atomic mass is 32.2. The monoisotopic (exact) mass is 252 g/mol. The van der Waals surface area contributed by atoms with Gasteiger partial charge in [-0.1, -0.05) is 0 Å². The van der Waals surface area contributed by atoms with Gasteiger partial charge in [0.2, 0.25) is 0 Å². The number of phenolic OH excluding ortho intramolecular Hbond substituents is 2. The van der Waals surface area contributed by atoms with Crippen molar-refractivity contribution in [1.29, 1.82) is 0 Å². The lowest BCUT2D eigenvalue weighted by molar-refractivity contribution is 0.0877. The fourth-order valence-corrected chi connectivity index (χ4v) is 2.88. The molecule has 1 heterocycles. The van der Waals surface area contributed by atoms with Crippen molar-refractivity contribution in [2.45, 2.75) is 30.8 Å². The van der Waals surface area contributed by atoms with Crippen LogP contribution in [-0.4, -0.2) is 21.6 Å². The maximum Gasteiger partial charge on any atom is 0.171 e. The van der Waals surface area contributed by atoms with Crippen LogP contribution in [0.1, 0.15) is 18.9 Å². The molecule has 1 aliphatic heterocycles. The van der Waals surface area contributed by atoms with Gasteiger partial charge in [-0.05, 0) is 37.6 Å². The first kappa shape index (κ1) is 12.2. The summed E-state index contributed by atoms with van der Waals surface area (Å²) in [4.78, 5) is 0.694. The minimum atomic E-state index is -0.212. The molecule has 0 amide bonds. The highest BCUT2D eigenvalue weighted by Crippen LogP contribution is 2.39. The van der Waals surface area contributed by atoms with Gasteiger partial charge >= 0.3 is 0 Å². The standard InChI is InChI=1S/C13H16O3S/c1-9-6-10(14)12(15)11(7-9)17-8-13(2)4-3-5-16-13/h3,5-7,14-15H,4,8H2,1-2H3. The molecule has 2 rings (SSSR count). The van der Waals surface area contributed by atoms with Crippen LogP contribution in [0, 0.1) is 6.92 Å². The summed E-state index contributed by atoms with van der Waals surface area (Å²) in [5, 5.41) is 19.3. The number of aryl methyl sites for hydroxylation is 1. The van der Waals surface area contributed by atoms with Gasteiger partial charge in [-0.2, -0.15) is 0 Å². The van der Waals surface area contributed by atoms with Crippen molar-refractivity contribution >= 4 is 11.8 Å². The van der Waals surface area contributed by atoms with Crippen molar-refractivity contribution in [1.82, 2.24) is 0 Å². The highest BCUT2D eigenvalue weighted by molar-refractivity contribution is 7.99. The van der Waals surface area contributed by atoms with Gasteiger partial charge < -0.3 is 14.9 Å². The van der Waals surface area contributed by atoms with Gasteiger partial charge in [-0.15, -0.1) is 11.8 Å². The Balaban J connectivity index is 2.09. The molecule has 17 heavy (non-hydrogen) atoms. The Hall–Kier alpha value is -1.29. The van der Waals surface area contributed by atoms with E-state index in [-0.39, 0.29) is 17.1 Å². The molecule has 0 aliphatic carbocycles. The van der Waals surface area contributed by atoms with Crippen molar-refractivity contribution in [2.75, 3.05) is 5.75 Å². The number of aromatic hydroxyl groups is 2. The van der Waals surface area contributed by atoms with Gasteiger partial charge in [0, 0.05) is 12.2 Å². The molecule has 4 heteroatoms. The molecule has 0 spiro atoms. The Kier molecular flexibility index (Phi) is 3.24. The molecule has 0 saturated heterocycles. The minimum Gasteiger partial charge on any atom is -0.504 e. The topological polar surface area (TPSA) is 49.7 Å². The number of hydrogen-bond donors (Lipinski definition) is 2. The first-order valence-electron chi connectivity index (χ1n) is 5.48. The summed E-state index contributed by atoms with van der Waals surface area (Å²) in [5.74, 6) is 0.620. The van der Waals surface area contributed by atoms with Gasteiger partial charge in [0.1, 0.15) is 5.60 Å². The Morgan fingerprint density at radius 1 is 1.41 bits per heavy atom. The van der Waals surface area contributed by atoms with Crippen LogP contribution in [0.3, 0.4) is 0 Å². The largest absolute Gasteiger partial charge is 0.504 e. The summed E-state index contributed by atoms with van der Waals surface area (Å²) in [7, 11) is 0. The number of hydrogen-bond acceptors (Lipinski definition) is 4. The SMILES string of the molecule is Cc1cc(O)c(O)c(SCC2(C)CC=CO2)c1. The van der Waals surface area contributed by atoms with Crippen LogP contribution >= 0.6 is 11.8 Å². The summed E-state index contributed by atoms with van der Waals surface area (Å²) in [6.45, 7) is 3.92. The molecular weight excluding hydrogens is 236 g/mol. The second-order valence-electron chi connectivity index (χ2n) is 4.56. The first-order valence-corrected chi connectivity index (χ1v) is 6.47. The van der Waals surface area contributed by atoms with E-state index in [1.807, 2.05) is 26.0 Å². The average molecular weight is 252 g/mol. The van der Waals surface area contributed by atoms with Crippen molar-refractivity contribution in [2.24, 2.45) is 0 Å². The number of benzene rings is 1. The third-order valence-corrected chi connectivity index (χ3v) is 4.11. The Morgan fingerprint density at radius 3 is 2.82 bits per heavy atom. The molecule has 3 nitrogen and oxygen atoms in total. The lowest BCUT2D eigenvalue weighted by atomic mass is 10.1. The van der Waals surface area contributed by atoms with Crippen LogP contribution in [0.5, 0.6) is 11.5 Å². The van der Waals surface area contributed by atoms with E-state index in [2.05, 4.69) is 0 Å². The van der Waals surface area contributed by atoms with Crippen molar-refractivity contribution in [3.05, 3.63) is 30.0 Å². The Morgan fingerprint density at radius 2 is 2.18 bits per heavy atom. The predicted molar refractivity (Wildman–Crippen MR) is 68.5 cm³/mol. The lowest BCUT2D eigenvalue weighted by Crippen LogP contribution is -2.25. The second-order valence-corrected chi connectivity index (χ2v) is 5.58. The van der Waals surface area contributed by atoms with Crippen LogP contribution in [0.15, 0.2) is 29.4 Å². The number of phenols is 2. The summed E-state index contributed by atoms with van der Waals surface area (Å²) >= 11 is 1.50. The number of ether oxygens (including phenoxy) is 1. The molecule has 0 fully saturated rings. The second kappa shape index (κ2) is 4.53.